The zero-order valence-electron chi connectivity index (χ0n) is 18.8. The first kappa shape index (κ1) is 23.1. The third kappa shape index (κ3) is 6.71. The number of benzene rings is 2. The number of ether oxygens (including phenoxy) is 2. The van der Waals surface area contributed by atoms with Gasteiger partial charge in [-0.3, -0.25) is 4.79 Å². The van der Waals surface area contributed by atoms with Crippen molar-refractivity contribution in [1.82, 2.24) is 15.6 Å². The van der Waals surface area contributed by atoms with Crippen LogP contribution in [0.15, 0.2) is 41.2 Å². The van der Waals surface area contributed by atoms with Gasteiger partial charge in [0, 0.05) is 16.8 Å². The topological polar surface area (TPSA) is 75.4 Å². The number of rotatable bonds is 14. The van der Waals surface area contributed by atoms with Crippen molar-refractivity contribution in [2.45, 2.75) is 39.5 Å². The Morgan fingerprint density at radius 1 is 0.742 bits per heavy atom. The highest BCUT2D eigenvalue weighted by Crippen LogP contribution is 2.23. The van der Waals surface area contributed by atoms with Gasteiger partial charge in [0.05, 0.1) is 24.2 Å². The second-order valence-corrected chi connectivity index (χ2v) is 7.77. The largest absolute Gasteiger partial charge is 0.494 e. The molecule has 0 unspecified atom stereocenters. The first-order chi connectivity index (χ1) is 15.2. The highest BCUT2D eigenvalue weighted by atomic mass is 16.5. The fourth-order valence-corrected chi connectivity index (χ4v) is 3.49. The standard InChI is InChI=1S/C25H35N3O3/c1-3-11-26-13-5-15-30-19-8-10-23-22(17-19)25(29)21-9-7-20(18-24(21)28-23)31-16-6-14-27-12-4-2/h7-10,17-18,26-27H,3-6,11-16H2,1-2H3,(H,28,29). The maximum absolute atomic E-state index is 13.0. The van der Waals surface area contributed by atoms with E-state index in [1.165, 1.54) is 0 Å². The van der Waals surface area contributed by atoms with Crippen molar-refractivity contribution in [2.24, 2.45) is 0 Å². The molecule has 0 aliphatic carbocycles. The van der Waals surface area contributed by atoms with Crippen molar-refractivity contribution in [3.8, 4) is 11.5 Å². The molecule has 6 heteroatoms. The summed E-state index contributed by atoms with van der Waals surface area (Å²) in [6, 6.07) is 11.3. The summed E-state index contributed by atoms with van der Waals surface area (Å²) in [4.78, 5) is 16.4. The van der Waals surface area contributed by atoms with Crippen molar-refractivity contribution in [2.75, 3.05) is 39.4 Å². The lowest BCUT2D eigenvalue weighted by atomic mass is 10.1. The smallest absolute Gasteiger partial charge is 0.197 e. The molecule has 0 bridgehead atoms. The molecule has 0 aliphatic heterocycles. The van der Waals surface area contributed by atoms with E-state index in [0.717, 1.165) is 74.4 Å². The van der Waals surface area contributed by atoms with Crippen LogP contribution in [-0.4, -0.2) is 44.4 Å². The van der Waals surface area contributed by atoms with E-state index in [1.54, 1.807) is 0 Å². The molecule has 0 atom stereocenters. The second-order valence-electron chi connectivity index (χ2n) is 7.77. The normalized spacial score (nSPS) is 11.3. The highest BCUT2D eigenvalue weighted by Gasteiger charge is 2.08. The van der Waals surface area contributed by atoms with E-state index in [2.05, 4.69) is 29.5 Å². The lowest BCUT2D eigenvalue weighted by Gasteiger charge is -2.10. The Hall–Kier alpha value is -2.57. The summed E-state index contributed by atoms with van der Waals surface area (Å²) in [5.74, 6) is 1.50. The van der Waals surface area contributed by atoms with Crippen LogP contribution in [0.5, 0.6) is 11.5 Å². The third-order valence-electron chi connectivity index (χ3n) is 5.13. The van der Waals surface area contributed by atoms with Crippen molar-refractivity contribution in [3.63, 3.8) is 0 Å². The van der Waals surface area contributed by atoms with Crippen molar-refractivity contribution >= 4 is 21.8 Å². The summed E-state index contributed by atoms with van der Waals surface area (Å²) in [5, 5.41) is 8.03. The van der Waals surface area contributed by atoms with Crippen LogP contribution in [0.4, 0.5) is 0 Å². The molecule has 0 radical (unpaired) electrons. The van der Waals surface area contributed by atoms with E-state index in [4.69, 9.17) is 9.47 Å². The van der Waals surface area contributed by atoms with E-state index in [0.29, 0.717) is 24.0 Å². The van der Waals surface area contributed by atoms with Gasteiger partial charge in [-0.05, 0) is 82.2 Å². The fourth-order valence-electron chi connectivity index (χ4n) is 3.49. The molecule has 0 aliphatic rings. The van der Waals surface area contributed by atoms with E-state index >= 15 is 0 Å². The van der Waals surface area contributed by atoms with Crippen LogP contribution in [0.3, 0.4) is 0 Å². The molecule has 0 amide bonds. The summed E-state index contributed by atoms with van der Waals surface area (Å²) >= 11 is 0. The first-order valence-electron chi connectivity index (χ1n) is 11.5. The lowest BCUT2D eigenvalue weighted by Crippen LogP contribution is -2.18. The predicted octanol–water partition coefficient (Wildman–Crippen LogP) is 4.22. The van der Waals surface area contributed by atoms with Gasteiger partial charge in [-0.2, -0.15) is 0 Å². The van der Waals surface area contributed by atoms with Gasteiger partial charge < -0.3 is 25.1 Å². The van der Waals surface area contributed by atoms with Crippen LogP contribution >= 0.6 is 0 Å². The number of hydrogen-bond acceptors (Lipinski definition) is 5. The Bertz CT molecular complexity index is 1020. The molecule has 0 saturated heterocycles. The Balaban J connectivity index is 1.65. The van der Waals surface area contributed by atoms with Crippen molar-refractivity contribution in [1.29, 1.82) is 0 Å². The maximum atomic E-state index is 13.0. The number of nitrogens with one attached hydrogen (secondary N) is 3. The summed E-state index contributed by atoms with van der Waals surface area (Å²) in [6.45, 7) is 9.53. The average Bonchev–Trinajstić information content (AvgIpc) is 2.79. The molecule has 3 rings (SSSR count). The monoisotopic (exact) mass is 425 g/mol. The molecule has 0 spiro atoms. The fraction of sp³-hybridized carbons (Fsp3) is 0.480. The quantitative estimate of drug-likeness (QED) is 0.266. The molecule has 168 valence electrons. The number of fused-ring (bicyclic) bond motifs is 2. The third-order valence-corrected chi connectivity index (χ3v) is 5.13. The number of pyridine rings is 1. The maximum Gasteiger partial charge on any atom is 0.197 e. The summed E-state index contributed by atoms with van der Waals surface area (Å²) in [7, 11) is 0. The van der Waals surface area contributed by atoms with Crippen LogP contribution in [-0.2, 0) is 0 Å². The van der Waals surface area contributed by atoms with E-state index in [9.17, 15) is 4.79 Å². The number of aromatic nitrogens is 1. The molecular weight excluding hydrogens is 390 g/mol. The molecule has 3 N–H and O–H groups in total. The Morgan fingerprint density at radius 3 is 2.00 bits per heavy atom. The minimum Gasteiger partial charge on any atom is -0.494 e. The molecule has 0 saturated carbocycles. The SMILES string of the molecule is CCCNCCCOc1ccc2c(=O)c3cc(OCCCNCCC)ccc3[nH]c2c1. The molecular formula is C25H35N3O3. The first-order valence-corrected chi connectivity index (χ1v) is 11.5. The van der Waals surface area contributed by atoms with Gasteiger partial charge in [-0.15, -0.1) is 0 Å². The van der Waals surface area contributed by atoms with E-state index in [1.807, 2.05) is 36.4 Å². The molecule has 0 fully saturated rings. The zero-order chi connectivity index (χ0) is 21.9. The van der Waals surface area contributed by atoms with Crippen LogP contribution < -0.4 is 25.5 Å². The summed E-state index contributed by atoms with van der Waals surface area (Å²) < 4.78 is 11.7. The van der Waals surface area contributed by atoms with Crippen LogP contribution in [0.2, 0.25) is 0 Å². The Labute approximate surface area is 184 Å². The van der Waals surface area contributed by atoms with Crippen LogP contribution in [0.1, 0.15) is 39.5 Å². The second kappa shape index (κ2) is 12.3. The molecule has 1 aromatic heterocycles. The van der Waals surface area contributed by atoms with Gasteiger partial charge in [-0.25, -0.2) is 0 Å². The minimum absolute atomic E-state index is 0.00845. The lowest BCUT2D eigenvalue weighted by molar-refractivity contribution is 0.308. The van der Waals surface area contributed by atoms with Crippen LogP contribution in [0.25, 0.3) is 21.8 Å². The zero-order valence-corrected chi connectivity index (χ0v) is 18.8. The molecule has 1 heterocycles. The molecule has 3 aromatic rings. The van der Waals surface area contributed by atoms with E-state index < -0.39 is 0 Å². The van der Waals surface area contributed by atoms with Gasteiger partial charge >= 0.3 is 0 Å². The van der Waals surface area contributed by atoms with Gasteiger partial charge in [0.25, 0.3) is 0 Å². The van der Waals surface area contributed by atoms with Crippen molar-refractivity contribution in [3.05, 3.63) is 46.6 Å². The molecule has 2 aromatic carbocycles. The number of aromatic amines is 1. The predicted molar refractivity (Wildman–Crippen MR) is 129 cm³/mol. The average molecular weight is 426 g/mol. The van der Waals surface area contributed by atoms with E-state index in [-0.39, 0.29) is 5.43 Å². The van der Waals surface area contributed by atoms with Crippen molar-refractivity contribution < 1.29 is 9.47 Å². The number of H-pyrrole nitrogens is 1. The summed E-state index contributed by atoms with van der Waals surface area (Å²) in [5.41, 5.74) is 1.60. The molecule has 31 heavy (non-hydrogen) atoms. The van der Waals surface area contributed by atoms with Crippen LogP contribution in [0, 0.1) is 0 Å². The number of hydrogen-bond donors (Lipinski definition) is 3. The van der Waals surface area contributed by atoms with Gasteiger partial charge in [0.15, 0.2) is 5.43 Å². The van der Waals surface area contributed by atoms with Gasteiger partial charge in [-0.1, -0.05) is 13.8 Å². The highest BCUT2D eigenvalue weighted by molar-refractivity contribution is 5.93. The minimum atomic E-state index is 0.00845. The Morgan fingerprint density at radius 2 is 1.35 bits per heavy atom. The summed E-state index contributed by atoms with van der Waals surface area (Å²) in [6.07, 6.45) is 4.15. The van der Waals surface area contributed by atoms with Gasteiger partial charge in [0.1, 0.15) is 11.5 Å². The van der Waals surface area contributed by atoms with Gasteiger partial charge in [0.2, 0.25) is 0 Å². The Kier molecular flexibility index (Phi) is 9.18. The molecule has 6 nitrogen and oxygen atoms in total.